The van der Waals surface area contributed by atoms with E-state index in [2.05, 4.69) is 10.2 Å². The van der Waals surface area contributed by atoms with Gasteiger partial charge in [0.15, 0.2) is 0 Å². The van der Waals surface area contributed by atoms with E-state index in [1.54, 1.807) is 22.2 Å². The highest BCUT2D eigenvalue weighted by Crippen LogP contribution is 2.25. The highest BCUT2D eigenvalue weighted by molar-refractivity contribution is 6.10. The number of hydrogen-bond acceptors (Lipinski definition) is 3. The van der Waals surface area contributed by atoms with Gasteiger partial charge in [-0.1, -0.05) is 36.4 Å². The number of para-hydroxylation sites is 2. The van der Waals surface area contributed by atoms with Gasteiger partial charge < -0.3 is 4.90 Å². The molecule has 4 rings (SSSR count). The number of nitrogens with one attached hydrogen (secondary N) is 1. The Morgan fingerprint density at radius 3 is 2.48 bits per heavy atom. The predicted molar refractivity (Wildman–Crippen MR) is 104 cm³/mol. The summed E-state index contributed by atoms with van der Waals surface area (Å²) in [6.07, 6.45) is 3.63. The van der Waals surface area contributed by atoms with Crippen LogP contribution in [0.3, 0.4) is 0 Å². The molecule has 1 aliphatic heterocycles. The maximum Gasteiger partial charge on any atom is 0.244 e. The Bertz CT molecular complexity index is 1010. The maximum absolute atomic E-state index is 13.3. The number of carbonyl (C=O) groups excluding carboxylic acids is 2. The lowest BCUT2D eigenvalue weighted by molar-refractivity contribution is -0.138. The molecular formula is C21H20N4O2. The SMILES string of the molecule is CCN1C=CN(c2ccccc2)C(=O)C(Cc2[nH]nc3ccccc23)C1=O. The number of rotatable bonds is 4. The van der Waals surface area contributed by atoms with Crippen molar-refractivity contribution in [2.24, 2.45) is 5.92 Å². The van der Waals surface area contributed by atoms with Gasteiger partial charge in [0.25, 0.3) is 0 Å². The molecule has 1 atom stereocenters. The van der Waals surface area contributed by atoms with Crippen LogP contribution in [-0.2, 0) is 16.0 Å². The highest BCUT2D eigenvalue weighted by Gasteiger charge is 2.36. The first-order valence-corrected chi connectivity index (χ1v) is 8.98. The van der Waals surface area contributed by atoms with Crippen molar-refractivity contribution in [2.45, 2.75) is 13.3 Å². The van der Waals surface area contributed by atoms with Crippen molar-refractivity contribution in [1.82, 2.24) is 15.1 Å². The molecule has 1 aliphatic rings. The molecule has 0 radical (unpaired) electrons. The standard InChI is InChI=1S/C21H20N4O2/c1-2-24-12-13-25(15-8-4-3-5-9-15)21(27)17(20(24)26)14-19-16-10-6-7-11-18(16)22-23-19/h3-13,17H,2,14H2,1H3,(H,22,23). The normalized spacial score (nSPS) is 17.6. The molecule has 0 bridgehead atoms. The van der Waals surface area contributed by atoms with Crippen LogP contribution in [0.2, 0.25) is 0 Å². The molecule has 0 spiro atoms. The molecule has 1 aromatic heterocycles. The monoisotopic (exact) mass is 360 g/mol. The summed E-state index contributed by atoms with van der Waals surface area (Å²) in [5.41, 5.74) is 2.36. The van der Waals surface area contributed by atoms with E-state index >= 15 is 0 Å². The molecule has 136 valence electrons. The first-order chi connectivity index (χ1) is 13.2. The molecule has 6 nitrogen and oxygen atoms in total. The molecule has 0 fully saturated rings. The zero-order chi connectivity index (χ0) is 18.8. The molecular weight excluding hydrogens is 340 g/mol. The number of anilines is 1. The molecule has 1 unspecified atom stereocenters. The van der Waals surface area contributed by atoms with E-state index in [0.717, 1.165) is 22.3 Å². The topological polar surface area (TPSA) is 69.3 Å². The van der Waals surface area contributed by atoms with Crippen molar-refractivity contribution < 1.29 is 9.59 Å². The van der Waals surface area contributed by atoms with Crippen LogP contribution >= 0.6 is 0 Å². The smallest absolute Gasteiger partial charge is 0.244 e. The number of hydrogen-bond donors (Lipinski definition) is 1. The highest BCUT2D eigenvalue weighted by atomic mass is 16.2. The molecule has 27 heavy (non-hydrogen) atoms. The Morgan fingerprint density at radius 2 is 1.70 bits per heavy atom. The van der Waals surface area contributed by atoms with Crippen LogP contribution in [0, 0.1) is 5.92 Å². The van der Waals surface area contributed by atoms with Crippen LogP contribution in [0.4, 0.5) is 5.69 Å². The van der Waals surface area contributed by atoms with E-state index in [-0.39, 0.29) is 18.2 Å². The van der Waals surface area contributed by atoms with Crippen molar-refractivity contribution in [2.75, 3.05) is 11.4 Å². The fourth-order valence-corrected chi connectivity index (χ4v) is 3.38. The summed E-state index contributed by atoms with van der Waals surface area (Å²) in [4.78, 5) is 29.4. The lowest BCUT2D eigenvalue weighted by atomic mass is 9.98. The van der Waals surface area contributed by atoms with Crippen LogP contribution in [0.15, 0.2) is 67.0 Å². The van der Waals surface area contributed by atoms with Crippen LogP contribution < -0.4 is 4.90 Å². The zero-order valence-electron chi connectivity index (χ0n) is 15.0. The Hall–Kier alpha value is -3.41. The lowest BCUT2D eigenvalue weighted by Gasteiger charge is -2.22. The molecule has 2 aromatic carbocycles. The molecule has 2 heterocycles. The van der Waals surface area contributed by atoms with Crippen LogP contribution in [-0.4, -0.2) is 33.5 Å². The van der Waals surface area contributed by atoms with E-state index in [1.165, 1.54) is 0 Å². The lowest BCUT2D eigenvalue weighted by Crippen LogP contribution is -2.40. The van der Waals surface area contributed by atoms with Crippen molar-refractivity contribution in [3.05, 3.63) is 72.7 Å². The van der Waals surface area contributed by atoms with Gasteiger partial charge in [0.05, 0.1) is 5.52 Å². The van der Waals surface area contributed by atoms with Crippen LogP contribution in [0.25, 0.3) is 10.9 Å². The van der Waals surface area contributed by atoms with Gasteiger partial charge in [0.1, 0.15) is 5.92 Å². The van der Waals surface area contributed by atoms with Gasteiger partial charge in [0, 0.05) is 42.1 Å². The third-order valence-corrected chi connectivity index (χ3v) is 4.84. The number of carbonyl (C=O) groups is 2. The third-order valence-electron chi connectivity index (χ3n) is 4.84. The minimum absolute atomic E-state index is 0.198. The van der Waals surface area contributed by atoms with E-state index in [0.29, 0.717) is 6.54 Å². The zero-order valence-corrected chi connectivity index (χ0v) is 15.0. The minimum atomic E-state index is -0.816. The Labute approximate surface area is 157 Å². The van der Waals surface area contributed by atoms with Crippen LogP contribution in [0.5, 0.6) is 0 Å². The van der Waals surface area contributed by atoms with Gasteiger partial charge in [-0.2, -0.15) is 5.10 Å². The second-order valence-corrected chi connectivity index (χ2v) is 6.44. The quantitative estimate of drug-likeness (QED) is 0.727. The number of fused-ring (bicyclic) bond motifs is 1. The third kappa shape index (κ3) is 3.10. The summed E-state index contributed by atoms with van der Waals surface area (Å²) < 4.78 is 0. The Kier molecular flexibility index (Phi) is 4.46. The van der Waals surface area contributed by atoms with Gasteiger partial charge in [0.2, 0.25) is 11.8 Å². The number of amides is 2. The predicted octanol–water partition coefficient (Wildman–Crippen LogP) is 3.09. The molecule has 3 aromatic rings. The molecule has 1 N–H and O–H groups in total. The summed E-state index contributed by atoms with van der Waals surface area (Å²) in [6.45, 7) is 2.40. The van der Waals surface area contributed by atoms with Gasteiger partial charge in [-0.05, 0) is 25.1 Å². The molecule has 6 heteroatoms. The average Bonchev–Trinajstić information content (AvgIpc) is 3.07. The van der Waals surface area contributed by atoms with Gasteiger partial charge in [-0.15, -0.1) is 0 Å². The van der Waals surface area contributed by atoms with Crippen LogP contribution in [0.1, 0.15) is 12.6 Å². The number of aromatic nitrogens is 2. The molecule has 0 aliphatic carbocycles. The van der Waals surface area contributed by atoms with Gasteiger partial charge >= 0.3 is 0 Å². The summed E-state index contributed by atoms with van der Waals surface area (Å²) in [5.74, 6) is -1.25. The summed E-state index contributed by atoms with van der Waals surface area (Å²) in [7, 11) is 0. The number of nitrogens with zero attached hydrogens (tertiary/aromatic N) is 3. The van der Waals surface area contributed by atoms with Crippen molar-refractivity contribution in [1.29, 1.82) is 0 Å². The maximum atomic E-state index is 13.3. The molecule has 0 saturated heterocycles. The first-order valence-electron chi connectivity index (χ1n) is 8.98. The summed E-state index contributed by atoms with van der Waals surface area (Å²) in [5, 5.41) is 8.22. The fraction of sp³-hybridized carbons (Fsp3) is 0.190. The van der Waals surface area contributed by atoms with E-state index in [4.69, 9.17) is 0 Å². The number of benzene rings is 2. The number of aromatic amines is 1. The van der Waals surface area contributed by atoms with Crippen molar-refractivity contribution in [3.63, 3.8) is 0 Å². The Morgan fingerprint density at radius 1 is 0.963 bits per heavy atom. The summed E-state index contributed by atoms with van der Waals surface area (Å²) >= 11 is 0. The fourth-order valence-electron chi connectivity index (χ4n) is 3.38. The largest absolute Gasteiger partial charge is 0.317 e. The molecule has 0 saturated carbocycles. The second kappa shape index (κ2) is 7.07. The minimum Gasteiger partial charge on any atom is -0.317 e. The summed E-state index contributed by atoms with van der Waals surface area (Å²) in [6, 6.07) is 17.0. The van der Waals surface area contributed by atoms with E-state index < -0.39 is 5.92 Å². The van der Waals surface area contributed by atoms with E-state index in [1.807, 2.05) is 61.5 Å². The van der Waals surface area contributed by atoms with Gasteiger partial charge in [-0.3, -0.25) is 19.6 Å². The average molecular weight is 360 g/mol. The van der Waals surface area contributed by atoms with Gasteiger partial charge in [-0.25, -0.2) is 0 Å². The first kappa shape index (κ1) is 17.0. The number of H-pyrrole nitrogens is 1. The van der Waals surface area contributed by atoms with Crippen molar-refractivity contribution >= 4 is 28.4 Å². The second-order valence-electron chi connectivity index (χ2n) is 6.44. The van der Waals surface area contributed by atoms with E-state index in [9.17, 15) is 9.59 Å². The Balaban J connectivity index is 1.72. The molecule has 2 amide bonds. The van der Waals surface area contributed by atoms with Crippen molar-refractivity contribution in [3.8, 4) is 0 Å².